The van der Waals surface area contributed by atoms with Crippen LogP contribution in [0.2, 0.25) is 0 Å². The quantitative estimate of drug-likeness (QED) is 0.810. The largest absolute Gasteiger partial charge is 0.353 e. The summed E-state index contributed by atoms with van der Waals surface area (Å²) in [5.74, 6) is 0.715. The maximum atomic E-state index is 12.4. The fraction of sp³-hybridized carbons (Fsp3) is 0.933. The van der Waals surface area contributed by atoms with E-state index in [4.69, 9.17) is 5.73 Å². The average Bonchev–Trinajstić information content (AvgIpc) is 2.28. The molecule has 3 N–H and O–H groups in total. The normalized spacial score (nSPS) is 20.6. The maximum Gasteiger partial charge on any atom is 0.227 e. The number of rotatable bonds is 4. The zero-order valence-corrected chi connectivity index (χ0v) is 12.7. The smallest absolute Gasteiger partial charge is 0.227 e. The molecule has 0 heterocycles. The molecule has 0 radical (unpaired) electrons. The topological polar surface area (TPSA) is 55.1 Å². The minimum atomic E-state index is -0.546. The molecule has 1 aliphatic rings. The number of nitrogens with one attached hydrogen (secondary N) is 1. The van der Waals surface area contributed by atoms with Crippen LogP contribution in [0.4, 0.5) is 0 Å². The number of carbonyl (C=O) groups excluding carboxylic acids is 1. The SMILES string of the molecule is C[C@@H](NC(=O)C(C)(C)C(C)(C)N)C1CCCCC1. The molecule has 3 heteroatoms. The molecule has 106 valence electrons. The van der Waals surface area contributed by atoms with Gasteiger partial charge in [0.1, 0.15) is 0 Å². The molecule has 1 amide bonds. The summed E-state index contributed by atoms with van der Waals surface area (Å²) < 4.78 is 0. The molecular formula is C15H30N2O. The predicted molar refractivity (Wildman–Crippen MR) is 76.2 cm³/mol. The van der Waals surface area contributed by atoms with Gasteiger partial charge in [-0.25, -0.2) is 0 Å². The minimum absolute atomic E-state index is 0.0769. The fourth-order valence-electron chi connectivity index (χ4n) is 2.43. The van der Waals surface area contributed by atoms with Crippen LogP contribution in [0.15, 0.2) is 0 Å². The lowest BCUT2D eigenvalue weighted by molar-refractivity contribution is -0.133. The van der Waals surface area contributed by atoms with Gasteiger partial charge in [0, 0.05) is 11.6 Å². The molecule has 1 aliphatic carbocycles. The van der Waals surface area contributed by atoms with Crippen LogP contribution in [0.3, 0.4) is 0 Å². The van der Waals surface area contributed by atoms with Crippen LogP contribution < -0.4 is 11.1 Å². The van der Waals surface area contributed by atoms with Crippen LogP contribution in [0.1, 0.15) is 66.7 Å². The first-order chi connectivity index (χ1) is 8.16. The second-order valence-corrected chi connectivity index (χ2v) is 7.01. The Bertz CT molecular complexity index is 285. The van der Waals surface area contributed by atoms with E-state index in [-0.39, 0.29) is 11.9 Å². The number of nitrogens with two attached hydrogens (primary N) is 1. The Morgan fingerprint density at radius 1 is 1.17 bits per heavy atom. The van der Waals surface area contributed by atoms with Crippen molar-refractivity contribution in [2.45, 2.75) is 78.3 Å². The van der Waals surface area contributed by atoms with Gasteiger partial charge in [-0.15, -0.1) is 0 Å². The van der Waals surface area contributed by atoms with Crippen LogP contribution in [0.25, 0.3) is 0 Å². The van der Waals surface area contributed by atoms with Crippen LogP contribution in [-0.2, 0) is 4.79 Å². The van der Waals surface area contributed by atoms with E-state index >= 15 is 0 Å². The van der Waals surface area contributed by atoms with Crippen LogP contribution in [-0.4, -0.2) is 17.5 Å². The molecule has 0 aromatic heterocycles. The lowest BCUT2D eigenvalue weighted by Gasteiger charge is -2.39. The number of hydrogen-bond donors (Lipinski definition) is 2. The Labute approximate surface area is 112 Å². The molecule has 1 saturated carbocycles. The zero-order chi connectivity index (χ0) is 14.0. The van der Waals surface area contributed by atoms with Crippen molar-refractivity contribution in [3.63, 3.8) is 0 Å². The van der Waals surface area contributed by atoms with E-state index in [0.29, 0.717) is 5.92 Å². The maximum absolute atomic E-state index is 12.4. The zero-order valence-electron chi connectivity index (χ0n) is 12.7. The van der Waals surface area contributed by atoms with Crippen molar-refractivity contribution < 1.29 is 4.79 Å². The molecule has 0 aromatic carbocycles. The summed E-state index contributed by atoms with van der Waals surface area (Å²) in [6, 6.07) is 0.263. The third-order valence-electron chi connectivity index (χ3n) is 4.89. The van der Waals surface area contributed by atoms with Crippen LogP contribution in [0, 0.1) is 11.3 Å². The summed E-state index contributed by atoms with van der Waals surface area (Å²) in [4.78, 5) is 12.4. The van der Waals surface area contributed by atoms with E-state index in [9.17, 15) is 4.79 Å². The van der Waals surface area contributed by atoms with E-state index in [1.807, 2.05) is 27.7 Å². The Hall–Kier alpha value is -0.570. The third kappa shape index (κ3) is 3.47. The molecule has 3 nitrogen and oxygen atoms in total. The van der Waals surface area contributed by atoms with Crippen molar-refractivity contribution in [3.05, 3.63) is 0 Å². The highest BCUT2D eigenvalue weighted by Gasteiger charge is 2.41. The van der Waals surface area contributed by atoms with E-state index in [0.717, 1.165) is 0 Å². The Balaban J connectivity index is 2.58. The molecule has 0 spiro atoms. The van der Waals surface area contributed by atoms with Crippen molar-refractivity contribution in [2.75, 3.05) is 0 Å². The fourth-order valence-corrected chi connectivity index (χ4v) is 2.43. The molecule has 1 rings (SSSR count). The van der Waals surface area contributed by atoms with Crippen molar-refractivity contribution >= 4 is 5.91 Å². The van der Waals surface area contributed by atoms with E-state index in [1.165, 1.54) is 32.1 Å². The molecule has 0 bridgehead atoms. The molecular weight excluding hydrogens is 224 g/mol. The second kappa shape index (κ2) is 5.60. The summed E-state index contributed by atoms with van der Waals surface area (Å²) in [5.41, 5.74) is 5.05. The molecule has 1 atom stereocenters. The van der Waals surface area contributed by atoms with Gasteiger partial charge in [-0.2, -0.15) is 0 Å². The first kappa shape index (κ1) is 15.5. The van der Waals surface area contributed by atoms with Crippen LogP contribution in [0.5, 0.6) is 0 Å². The average molecular weight is 254 g/mol. The molecule has 18 heavy (non-hydrogen) atoms. The summed E-state index contributed by atoms with van der Waals surface area (Å²) in [6.07, 6.45) is 6.44. The van der Waals surface area contributed by atoms with Gasteiger partial charge in [-0.3, -0.25) is 4.79 Å². The summed E-state index contributed by atoms with van der Waals surface area (Å²) in [6.45, 7) is 9.81. The number of hydrogen-bond acceptors (Lipinski definition) is 2. The number of amides is 1. The van der Waals surface area contributed by atoms with Gasteiger partial charge in [0.05, 0.1) is 5.41 Å². The lowest BCUT2D eigenvalue weighted by atomic mass is 9.74. The van der Waals surface area contributed by atoms with Gasteiger partial charge in [0.25, 0.3) is 0 Å². The molecule has 1 fully saturated rings. The van der Waals surface area contributed by atoms with Crippen molar-refractivity contribution in [2.24, 2.45) is 17.1 Å². The van der Waals surface area contributed by atoms with Gasteiger partial charge in [0.15, 0.2) is 0 Å². The van der Waals surface area contributed by atoms with Crippen molar-refractivity contribution in [3.8, 4) is 0 Å². The van der Waals surface area contributed by atoms with Crippen molar-refractivity contribution in [1.82, 2.24) is 5.32 Å². The first-order valence-electron chi connectivity index (χ1n) is 7.26. The van der Waals surface area contributed by atoms with Gasteiger partial charge in [0.2, 0.25) is 5.91 Å². The van der Waals surface area contributed by atoms with Gasteiger partial charge in [-0.05, 0) is 53.4 Å². The van der Waals surface area contributed by atoms with E-state index < -0.39 is 11.0 Å². The van der Waals surface area contributed by atoms with E-state index in [2.05, 4.69) is 12.2 Å². The van der Waals surface area contributed by atoms with Gasteiger partial charge < -0.3 is 11.1 Å². The standard InChI is InChI=1S/C15H30N2O/c1-11(12-9-7-6-8-10-12)17-13(18)14(2,3)15(4,5)16/h11-12H,6-10,16H2,1-5H3,(H,17,18)/t11-/m1/s1. The van der Waals surface area contributed by atoms with Crippen molar-refractivity contribution in [1.29, 1.82) is 0 Å². The number of carbonyl (C=O) groups is 1. The summed E-state index contributed by atoms with van der Waals surface area (Å²) >= 11 is 0. The molecule has 0 saturated heterocycles. The highest BCUT2D eigenvalue weighted by atomic mass is 16.2. The second-order valence-electron chi connectivity index (χ2n) is 7.01. The lowest BCUT2D eigenvalue weighted by Crippen LogP contribution is -2.57. The monoisotopic (exact) mass is 254 g/mol. The van der Waals surface area contributed by atoms with Crippen LogP contribution >= 0.6 is 0 Å². The Kier molecular flexibility index (Phi) is 4.82. The first-order valence-corrected chi connectivity index (χ1v) is 7.26. The molecule has 0 unspecified atom stereocenters. The summed E-state index contributed by atoms with van der Waals surface area (Å²) in [5, 5.41) is 3.18. The van der Waals surface area contributed by atoms with Gasteiger partial charge >= 0.3 is 0 Å². The Morgan fingerprint density at radius 3 is 2.11 bits per heavy atom. The van der Waals surface area contributed by atoms with Gasteiger partial charge in [-0.1, -0.05) is 19.3 Å². The molecule has 0 aromatic rings. The van der Waals surface area contributed by atoms with E-state index in [1.54, 1.807) is 0 Å². The minimum Gasteiger partial charge on any atom is -0.353 e. The third-order valence-corrected chi connectivity index (χ3v) is 4.89. The molecule has 0 aliphatic heterocycles. The predicted octanol–water partition coefficient (Wildman–Crippen LogP) is 2.83. The summed E-state index contributed by atoms with van der Waals surface area (Å²) in [7, 11) is 0. The Morgan fingerprint density at radius 2 is 1.67 bits per heavy atom. The highest BCUT2D eigenvalue weighted by molar-refractivity contribution is 5.83. The highest BCUT2D eigenvalue weighted by Crippen LogP contribution is 2.30.